The number of rotatable bonds is 7. The summed E-state index contributed by atoms with van der Waals surface area (Å²) in [6.45, 7) is 8.24. The first-order chi connectivity index (χ1) is 8.79. The van der Waals surface area contributed by atoms with Crippen molar-refractivity contribution in [1.29, 1.82) is 0 Å². The molecule has 0 radical (unpaired) electrons. The van der Waals surface area contributed by atoms with Crippen LogP contribution in [0.2, 0.25) is 0 Å². The molecule has 2 saturated heterocycles. The highest BCUT2D eigenvalue weighted by atomic mass is 16.5. The first-order valence-electron chi connectivity index (χ1n) is 7.45. The number of ether oxygens (including phenoxy) is 2. The van der Waals surface area contributed by atoms with Gasteiger partial charge in [0.1, 0.15) is 0 Å². The fourth-order valence-corrected chi connectivity index (χ4v) is 2.74. The minimum Gasteiger partial charge on any atom is -0.378 e. The fourth-order valence-electron chi connectivity index (χ4n) is 2.74. The molecule has 1 atom stereocenters. The molecule has 2 rings (SSSR count). The zero-order valence-corrected chi connectivity index (χ0v) is 11.7. The summed E-state index contributed by atoms with van der Waals surface area (Å²) in [4.78, 5) is 0. The van der Waals surface area contributed by atoms with E-state index in [1.807, 2.05) is 0 Å². The van der Waals surface area contributed by atoms with Crippen LogP contribution in [0.15, 0.2) is 0 Å². The normalized spacial score (nSPS) is 29.8. The summed E-state index contributed by atoms with van der Waals surface area (Å²) in [6, 6.07) is 0. The molecule has 0 bridgehead atoms. The third kappa shape index (κ3) is 4.84. The Bertz CT molecular complexity index is 224. The Balaban J connectivity index is 1.43. The molecule has 0 aliphatic carbocycles. The molecule has 18 heavy (non-hydrogen) atoms. The predicted molar refractivity (Wildman–Crippen MR) is 72.9 cm³/mol. The van der Waals surface area contributed by atoms with Crippen LogP contribution in [0.5, 0.6) is 0 Å². The van der Waals surface area contributed by atoms with E-state index in [-0.39, 0.29) is 5.60 Å². The van der Waals surface area contributed by atoms with Crippen molar-refractivity contribution in [2.75, 3.05) is 39.4 Å². The Morgan fingerprint density at radius 3 is 2.94 bits per heavy atom. The van der Waals surface area contributed by atoms with E-state index in [4.69, 9.17) is 9.47 Å². The SMILES string of the molecule is CC1(CNCCCOC2CCNCC2)CCCO1. The monoisotopic (exact) mass is 256 g/mol. The molecule has 4 heteroatoms. The van der Waals surface area contributed by atoms with Gasteiger partial charge in [0.2, 0.25) is 0 Å². The van der Waals surface area contributed by atoms with Gasteiger partial charge in [-0.3, -0.25) is 0 Å². The summed E-state index contributed by atoms with van der Waals surface area (Å²) in [5.41, 5.74) is 0.0793. The van der Waals surface area contributed by atoms with E-state index in [2.05, 4.69) is 17.6 Å². The van der Waals surface area contributed by atoms with Crippen LogP contribution in [-0.2, 0) is 9.47 Å². The van der Waals surface area contributed by atoms with Crippen LogP contribution >= 0.6 is 0 Å². The second kappa shape index (κ2) is 7.43. The third-order valence-corrected chi connectivity index (χ3v) is 3.94. The van der Waals surface area contributed by atoms with Crippen LogP contribution in [-0.4, -0.2) is 51.1 Å². The second-order valence-electron chi connectivity index (χ2n) is 5.75. The summed E-state index contributed by atoms with van der Waals surface area (Å²) in [6.07, 6.45) is 6.31. The van der Waals surface area contributed by atoms with E-state index in [9.17, 15) is 0 Å². The first-order valence-corrected chi connectivity index (χ1v) is 7.45. The predicted octanol–water partition coefficient (Wildman–Crippen LogP) is 1.30. The molecule has 2 heterocycles. The highest BCUT2D eigenvalue weighted by molar-refractivity contribution is 4.82. The Labute approximate surface area is 111 Å². The second-order valence-corrected chi connectivity index (χ2v) is 5.75. The Morgan fingerprint density at radius 2 is 2.22 bits per heavy atom. The van der Waals surface area contributed by atoms with E-state index >= 15 is 0 Å². The first kappa shape index (κ1) is 14.3. The Kier molecular flexibility index (Phi) is 5.89. The van der Waals surface area contributed by atoms with Gasteiger partial charge in [-0.05, 0) is 58.7 Å². The molecular formula is C14H28N2O2. The van der Waals surface area contributed by atoms with E-state index < -0.39 is 0 Å². The molecule has 0 amide bonds. The van der Waals surface area contributed by atoms with E-state index in [0.29, 0.717) is 6.10 Å². The molecule has 0 aromatic carbocycles. The standard InChI is InChI=1S/C14H28N2O2/c1-14(6-2-11-18-14)12-16-7-3-10-17-13-4-8-15-9-5-13/h13,15-16H,2-12H2,1H3. The lowest BCUT2D eigenvalue weighted by atomic mass is 10.0. The van der Waals surface area contributed by atoms with Gasteiger partial charge in [-0.25, -0.2) is 0 Å². The minimum atomic E-state index is 0.0793. The summed E-state index contributed by atoms with van der Waals surface area (Å²) in [7, 11) is 0. The van der Waals surface area contributed by atoms with Gasteiger partial charge in [-0.1, -0.05) is 0 Å². The minimum absolute atomic E-state index is 0.0793. The van der Waals surface area contributed by atoms with Gasteiger partial charge in [0.25, 0.3) is 0 Å². The van der Waals surface area contributed by atoms with Gasteiger partial charge >= 0.3 is 0 Å². The van der Waals surface area contributed by atoms with Crippen LogP contribution in [0.3, 0.4) is 0 Å². The number of piperidine rings is 1. The molecule has 4 nitrogen and oxygen atoms in total. The van der Waals surface area contributed by atoms with E-state index in [1.54, 1.807) is 0 Å². The molecule has 2 aliphatic rings. The van der Waals surface area contributed by atoms with Crippen molar-refractivity contribution >= 4 is 0 Å². The van der Waals surface area contributed by atoms with Gasteiger partial charge in [-0.2, -0.15) is 0 Å². The molecular weight excluding hydrogens is 228 g/mol. The Morgan fingerprint density at radius 1 is 1.39 bits per heavy atom. The molecule has 0 aromatic rings. The van der Waals surface area contributed by atoms with Crippen LogP contribution in [0.1, 0.15) is 39.0 Å². The van der Waals surface area contributed by atoms with Gasteiger partial charge in [0.05, 0.1) is 11.7 Å². The van der Waals surface area contributed by atoms with Crippen molar-refractivity contribution in [3.8, 4) is 0 Å². The zero-order chi connectivity index (χ0) is 12.7. The lowest BCUT2D eigenvalue weighted by molar-refractivity contribution is 0.0172. The molecule has 2 N–H and O–H groups in total. The third-order valence-electron chi connectivity index (χ3n) is 3.94. The van der Waals surface area contributed by atoms with E-state index in [1.165, 1.54) is 25.7 Å². The van der Waals surface area contributed by atoms with Gasteiger partial charge < -0.3 is 20.1 Å². The summed E-state index contributed by atoms with van der Waals surface area (Å²) >= 11 is 0. The average molecular weight is 256 g/mol. The van der Waals surface area contributed by atoms with Crippen LogP contribution in [0.25, 0.3) is 0 Å². The molecule has 106 valence electrons. The number of nitrogens with one attached hydrogen (secondary N) is 2. The summed E-state index contributed by atoms with van der Waals surface area (Å²) in [5.74, 6) is 0. The quantitative estimate of drug-likeness (QED) is 0.674. The van der Waals surface area contributed by atoms with Crippen LogP contribution in [0.4, 0.5) is 0 Å². The van der Waals surface area contributed by atoms with Crippen LogP contribution in [0, 0.1) is 0 Å². The van der Waals surface area contributed by atoms with Gasteiger partial charge in [0, 0.05) is 19.8 Å². The van der Waals surface area contributed by atoms with Crippen LogP contribution < -0.4 is 10.6 Å². The van der Waals surface area contributed by atoms with Gasteiger partial charge in [0.15, 0.2) is 0 Å². The molecule has 0 spiro atoms. The fraction of sp³-hybridized carbons (Fsp3) is 1.00. The van der Waals surface area contributed by atoms with E-state index in [0.717, 1.165) is 45.8 Å². The average Bonchev–Trinajstić information content (AvgIpc) is 2.82. The van der Waals surface area contributed by atoms with Crippen molar-refractivity contribution < 1.29 is 9.47 Å². The summed E-state index contributed by atoms with van der Waals surface area (Å²) < 4.78 is 11.6. The zero-order valence-electron chi connectivity index (χ0n) is 11.7. The number of hydrogen-bond donors (Lipinski definition) is 2. The largest absolute Gasteiger partial charge is 0.378 e. The van der Waals surface area contributed by atoms with Crippen molar-refractivity contribution in [2.45, 2.75) is 50.7 Å². The lowest BCUT2D eigenvalue weighted by Crippen LogP contribution is -2.38. The molecule has 1 unspecified atom stereocenters. The number of hydrogen-bond acceptors (Lipinski definition) is 4. The summed E-state index contributed by atoms with van der Waals surface area (Å²) in [5, 5.41) is 6.84. The molecule has 0 aromatic heterocycles. The van der Waals surface area contributed by atoms with Crippen molar-refractivity contribution in [2.24, 2.45) is 0 Å². The Hall–Kier alpha value is -0.160. The van der Waals surface area contributed by atoms with Crippen molar-refractivity contribution in [1.82, 2.24) is 10.6 Å². The lowest BCUT2D eigenvalue weighted by Gasteiger charge is -2.24. The maximum absolute atomic E-state index is 5.87. The maximum Gasteiger partial charge on any atom is 0.0779 e. The molecule has 0 saturated carbocycles. The highest BCUT2D eigenvalue weighted by Crippen LogP contribution is 2.23. The van der Waals surface area contributed by atoms with Gasteiger partial charge in [-0.15, -0.1) is 0 Å². The highest BCUT2D eigenvalue weighted by Gasteiger charge is 2.28. The topological polar surface area (TPSA) is 42.5 Å². The van der Waals surface area contributed by atoms with Crippen molar-refractivity contribution in [3.63, 3.8) is 0 Å². The molecule has 2 fully saturated rings. The smallest absolute Gasteiger partial charge is 0.0779 e. The molecule has 2 aliphatic heterocycles. The maximum atomic E-state index is 5.87. The van der Waals surface area contributed by atoms with Crippen molar-refractivity contribution in [3.05, 3.63) is 0 Å².